The van der Waals surface area contributed by atoms with Crippen LogP contribution in [0.5, 0.6) is 5.75 Å². The lowest BCUT2D eigenvalue weighted by Crippen LogP contribution is -2.17. The first-order valence-corrected chi connectivity index (χ1v) is 11.3. The molecule has 0 bridgehead atoms. The smallest absolute Gasteiger partial charge is 0.234 e. The van der Waals surface area contributed by atoms with E-state index in [1.54, 1.807) is 48.0 Å². The number of ether oxygens (including phenoxy) is 1. The van der Waals surface area contributed by atoms with Gasteiger partial charge in [0.2, 0.25) is 11.8 Å². The molecule has 1 heterocycles. The lowest BCUT2D eigenvalue weighted by atomic mass is 10.3. The minimum Gasteiger partial charge on any atom is -0.495 e. The SMILES string of the molecule is COc1ccc(Cl)cc1NC(=O)CSc1nnc(CC(=O)Nc2ccc(Cl)c(Cl)c2)n1C. The van der Waals surface area contributed by atoms with Gasteiger partial charge in [-0.25, -0.2) is 0 Å². The van der Waals surface area contributed by atoms with Gasteiger partial charge in [0.25, 0.3) is 0 Å². The van der Waals surface area contributed by atoms with Crippen LogP contribution in [0.1, 0.15) is 5.82 Å². The number of thioether (sulfide) groups is 1. The Labute approximate surface area is 203 Å². The van der Waals surface area contributed by atoms with Crippen LogP contribution < -0.4 is 15.4 Å². The fourth-order valence-electron chi connectivity index (χ4n) is 2.64. The second-order valence-corrected chi connectivity index (χ2v) is 8.69. The molecule has 0 atom stereocenters. The van der Waals surface area contributed by atoms with Crippen LogP contribution in [-0.2, 0) is 23.1 Å². The summed E-state index contributed by atoms with van der Waals surface area (Å²) in [5.74, 6) is 0.472. The van der Waals surface area contributed by atoms with E-state index < -0.39 is 0 Å². The van der Waals surface area contributed by atoms with Gasteiger partial charge >= 0.3 is 0 Å². The number of aromatic nitrogens is 3. The zero-order valence-corrected chi connectivity index (χ0v) is 20.1. The van der Waals surface area contributed by atoms with Crippen molar-refractivity contribution in [1.29, 1.82) is 0 Å². The highest BCUT2D eigenvalue weighted by Crippen LogP contribution is 2.28. The van der Waals surface area contributed by atoms with Crippen molar-refractivity contribution >= 4 is 69.8 Å². The number of hydrogen-bond donors (Lipinski definition) is 2. The third kappa shape index (κ3) is 6.29. The summed E-state index contributed by atoms with van der Waals surface area (Å²) < 4.78 is 6.88. The molecule has 0 aliphatic carbocycles. The second-order valence-electron chi connectivity index (χ2n) is 6.49. The van der Waals surface area contributed by atoms with Gasteiger partial charge in [-0.15, -0.1) is 10.2 Å². The highest BCUT2D eigenvalue weighted by molar-refractivity contribution is 7.99. The topological polar surface area (TPSA) is 98.1 Å². The number of rotatable bonds is 8. The third-order valence-corrected chi connectivity index (χ3v) is 6.21. The van der Waals surface area contributed by atoms with Crippen molar-refractivity contribution in [3.05, 3.63) is 57.3 Å². The van der Waals surface area contributed by atoms with E-state index in [2.05, 4.69) is 20.8 Å². The van der Waals surface area contributed by atoms with Gasteiger partial charge in [0.05, 0.1) is 35.0 Å². The van der Waals surface area contributed by atoms with E-state index >= 15 is 0 Å². The van der Waals surface area contributed by atoms with E-state index in [-0.39, 0.29) is 24.0 Å². The van der Waals surface area contributed by atoms with Crippen LogP contribution in [-0.4, -0.2) is 39.4 Å². The Bertz CT molecular complexity index is 1160. The molecule has 12 heteroatoms. The first kappa shape index (κ1) is 24.2. The summed E-state index contributed by atoms with van der Waals surface area (Å²) >= 11 is 19.0. The minimum atomic E-state index is -0.291. The Balaban J connectivity index is 1.56. The number of nitrogens with zero attached hydrogens (tertiary/aromatic N) is 3. The van der Waals surface area contributed by atoms with Crippen LogP contribution in [0.4, 0.5) is 11.4 Å². The van der Waals surface area contributed by atoms with Gasteiger partial charge in [-0.3, -0.25) is 9.59 Å². The summed E-state index contributed by atoms with van der Waals surface area (Å²) in [7, 11) is 3.23. The third-order valence-electron chi connectivity index (χ3n) is 4.22. The number of nitrogens with one attached hydrogen (secondary N) is 2. The molecule has 0 saturated heterocycles. The van der Waals surface area contributed by atoms with Gasteiger partial charge in [-0.05, 0) is 36.4 Å². The maximum atomic E-state index is 12.3. The number of methoxy groups -OCH3 is 1. The highest BCUT2D eigenvalue weighted by Gasteiger charge is 2.16. The molecule has 0 unspecified atom stereocenters. The van der Waals surface area contributed by atoms with Gasteiger partial charge < -0.3 is 19.9 Å². The Morgan fingerprint density at radius 3 is 2.53 bits per heavy atom. The normalized spacial score (nSPS) is 10.7. The van der Waals surface area contributed by atoms with Crippen LogP contribution in [0.3, 0.4) is 0 Å². The largest absolute Gasteiger partial charge is 0.495 e. The quantitative estimate of drug-likeness (QED) is 0.423. The highest BCUT2D eigenvalue weighted by atomic mass is 35.5. The standard InChI is InChI=1S/C20H18Cl3N5O3S/c1-28-17(9-18(29)24-12-4-5-13(22)14(23)8-12)26-27-20(28)32-10-19(30)25-15-7-11(21)3-6-16(15)31-2/h3-8H,9-10H2,1-2H3,(H,24,29)(H,25,30). The van der Waals surface area contributed by atoms with Crippen molar-refractivity contribution < 1.29 is 14.3 Å². The van der Waals surface area contributed by atoms with E-state index in [1.165, 1.54) is 18.9 Å². The number of halogens is 3. The molecule has 0 aliphatic heterocycles. The molecular weight excluding hydrogens is 497 g/mol. The molecule has 2 amide bonds. The fraction of sp³-hybridized carbons (Fsp3) is 0.200. The Hall–Kier alpha value is -2.46. The molecule has 2 N–H and O–H groups in total. The van der Waals surface area contributed by atoms with Gasteiger partial charge in [-0.2, -0.15) is 0 Å². The molecule has 8 nitrogen and oxygen atoms in total. The molecule has 0 aliphatic rings. The number of benzene rings is 2. The van der Waals surface area contributed by atoms with Crippen molar-refractivity contribution in [2.75, 3.05) is 23.5 Å². The summed E-state index contributed by atoms with van der Waals surface area (Å²) in [5, 5.41) is 15.3. The first-order valence-electron chi connectivity index (χ1n) is 9.16. The maximum Gasteiger partial charge on any atom is 0.234 e. The van der Waals surface area contributed by atoms with E-state index in [9.17, 15) is 9.59 Å². The molecule has 1 aromatic heterocycles. The molecule has 168 valence electrons. The summed E-state index contributed by atoms with van der Waals surface area (Å²) in [6.45, 7) is 0. The Kier molecular flexibility index (Phi) is 8.25. The van der Waals surface area contributed by atoms with Crippen molar-refractivity contribution in [3.8, 4) is 5.75 Å². The van der Waals surface area contributed by atoms with Crippen LogP contribution in [0.2, 0.25) is 15.1 Å². The van der Waals surface area contributed by atoms with Crippen LogP contribution in [0, 0.1) is 0 Å². The number of carbonyl (C=O) groups is 2. The van der Waals surface area contributed by atoms with E-state index in [4.69, 9.17) is 39.5 Å². The predicted octanol–water partition coefficient (Wildman–Crippen LogP) is 4.70. The van der Waals surface area contributed by atoms with Gasteiger partial charge in [0.1, 0.15) is 11.6 Å². The molecule has 0 radical (unpaired) electrons. The second kappa shape index (κ2) is 10.9. The molecule has 0 fully saturated rings. The summed E-state index contributed by atoms with van der Waals surface area (Å²) in [5.41, 5.74) is 0.998. The zero-order valence-electron chi connectivity index (χ0n) is 17.0. The Morgan fingerprint density at radius 2 is 1.81 bits per heavy atom. The van der Waals surface area contributed by atoms with Gasteiger partial charge in [0.15, 0.2) is 5.16 Å². The van der Waals surface area contributed by atoms with Crippen LogP contribution >= 0.6 is 46.6 Å². The summed E-state index contributed by atoms with van der Waals surface area (Å²) in [6, 6.07) is 9.76. The molecule has 32 heavy (non-hydrogen) atoms. The van der Waals surface area contributed by atoms with E-state index in [0.717, 1.165) is 0 Å². The van der Waals surface area contributed by atoms with E-state index in [0.29, 0.717) is 43.2 Å². The average Bonchev–Trinajstić information content (AvgIpc) is 3.08. The molecule has 0 spiro atoms. The van der Waals surface area contributed by atoms with Crippen molar-refractivity contribution in [2.45, 2.75) is 11.6 Å². The minimum absolute atomic E-state index is 0.00375. The maximum absolute atomic E-state index is 12.3. The van der Waals surface area contributed by atoms with Gasteiger partial charge in [0, 0.05) is 17.8 Å². The average molecular weight is 515 g/mol. The molecule has 2 aromatic carbocycles. The van der Waals surface area contributed by atoms with Crippen molar-refractivity contribution in [3.63, 3.8) is 0 Å². The predicted molar refractivity (Wildman–Crippen MR) is 127 cm³/mol. The van der Waals surface area contributed by atoms with Crippen molar-refractivity contribution in [2.24, 2.45) is 7.05 Å². The lowest BCUT2D eigenvalue weighted by Gasteiger charge is -2.10. The number of hydrogen-bond acceptors (Lipinski definition) is 6. The first-order chi connectivity index (χ1) is 15.3. The fourth-order valence-corrected chi connectivity index (χ4v) is 3.84. The molecule has 0 saturated carbocycles. The lowest BCUT2D eigenvalue weighted by molar-refractivity contribution is -0.116. The molecule has 3 rings (SSSR count). The van der Waals surface area contributed by atoms with Crippen LogP contribution in [0.25, 0.3) is 0 Å². The van der Waals surface area contributed by atoms with E-state index in [1.807, 2.05) is 0 Å². The Morgan fingerprint density at radius 1 is 1.03 bits per heavy atom. The number of carbonyl (C=O) groups excluding carboxylic acids is 2. The molecular formula is C20H18Cl3N5O3S. The van der Waals surface area contributed by atoms with Gasteiger partial charge in [-0.1, -0.05) is 46.6 Å². The van der Waals surface area contributed by atoms with Crippen LogP contribution in [0.15, 0.2) is 41.6 Å². The zero-order chi connectivity index (χ0) is 23.3. The number of anilines is 2. The molecule has 3 aromatic rings. The monoisotopic (exact) mass is 513 g/mol. The number of amides is 2. The van der Waals surface area contributed by atoms with Crippen molar-refractivity contribution in [1.82, 2.24) is 14.8 Å². The summed E-state index contributed by atoms with van der Waals surface area (Å²) in [6.07, 6.45) is -0.00375. The summed E-state index contributed by atoms with van der Waals surface area (Å²) in [4.78, 5) is 24.7.